The van der Waals surface area contributed by atoms with Gasteiger partial charge in [0.15, 0.2) is 0 Å². The molecule has 0 unspecified atom stereocenters. The number of ether oxygens (including phenoxy) is 1. The molecule has 0 bridgehead atoms. The van der Waals surface area contributed by atoms with Crippen molar-refractivity contribution in [3.05, 3.63) is 12.4 Å². The van der Waals surface area contributed by atoms with E-state index in [1.54, 1.807) is 0 Å². The van der Waals surface area contributed by atoms with Gasteiger partial charge in [-0.1, -0.05) is 0 Å². The Morgan fingerprint density at radius 3 is 2.64 bits per heavy atom. The van der Waals surface area contributed by atoms with Crippen LogP contribution in [0.2, 0.25) is 0 Å². The van der Waals surface area contributed by atoms with Crippen molar-refractivity contribution in [2.45, 2.75) is 31.8 Å². The van der Waals surface area contributed by atoms with Crippen molar-refractivity contribution in [1.29, 1.82) is 0 Å². The van der Waals surface area contributed by atoms with Gasteiger partial charge in [-0.15, -0.1) is 0 Å². The molecule has 2 fully saturated rings. The summed E-state index contributed by atoms with van der Waals surface area (Å²) in [5.74, 6) is 1.42. The van der Waals surface area contributed by atoms with Crippen LogP contribution in [0.4, 0.5) is 5.82 Å². The first kappa shape index (κ1) is 15.5. The Kier molecular flexibility index (Phi) is 4.49. The van der Waals surface area contributed by atoms with Gasteiger partial charge in [0.25, 0.3) is 0 Å². The largest absolute Gasteiger partial charge is 0.473 e. The van der Waals surface area contributed by atoms with Crippen molar-refractivity contribution in [1.82, 2.24) is 14.3 Å². The van der Waals surface area contributed by atoms with Crippen LogP contribution in [0.25, 0.3) is 0 Å². The van der Waals surface area contributed by atoms with Crippen LogP contribution in [0.1, 0.15) is 25.7 Å². The highest BCUT2D eigenvalue weighted by Crippen LogP contribution is 2.23. The van der Waals surface area contributed by atoms with Crippen molar-refractivity contribution in [2.24, 2.45) is 0 Å². The van der Waals surface area contributed by atoms with E-state index in [0.29, 0.717) is 25.4 Å². The highest BCUT2D eigenvalue weighted by molar-refractivity contribution is 7.88. The molecule has 7 nitrogen and oxygen atoms in total. The average Bonchev–Trinajstić information content (AvgIpc) is 2.97. The molecule has 3 rings (SSSR count). The van der Waals surface area contributed by atoms with Crippen LogP contribution in [0.3, 0.4) is 0 Å². The molecule has 1 aromatic rings. The van der Waals surface area contributed by atoms with Gasteiger partial charge in [-0.05, 0) is 25.7 Å². The van der Waals surface area contributed by atoms with Crippen molar-refractivity contribution in [2.75, 3.05) is 37.3 Å². The predicted octanol–water partition coefficient (Wildman–Crippen LogP) is 0.880. The Bertz CT molecular complexity index is 616. The van der Waals surface area contributed by atoms with Gasteiger partial charge in [0, 0.05) is 25.7 Å². The van der Waals surface area contributed by atoms with E-state index < -0.39 is 10.0 Å². The van der Waals surface area contributed by atoms with Crippen molar-refractivity contribution < 1.29 is 13.2 Å². The van der Waals surface area contributed by atoms with Crippen molar-refractivity contribution >= 4 is 15.8 Å². The molecule has 0 spiro atoms. The minimum absolute atomic E-state index is 0.140. The minimum Gasteiger partial charge on any atom is -0.473 e. The third kappa shape index (κ3) is 3.67. The second-order valence-electron chi connectivity index (χ2n) is 5.91. The highest BCUT2D eigenvalue weighted by atomic mass is 32.2. The lowest BCUT2D eigenvalue weighted by Crippen LogP contribution is -2.31. The molecule has 3 heterocycles. The Balaban J connectivity index is 1.63. The Morgan fingerprint density at radius 1 is 1.18 bits per heavy atom. The smallest absolute Gasteiger partial charge is 0.218 e. The zero-order valence-electron chi connectivity index (χ0n) is 12.8. The Morgan fingerprint density at radius 2 is 1.95 bits per heavy atom. The fourth-order valence-electron chi connectivity index (χ4n) is 2.96. The van der Waals surface area contributed by atoms with E-state index in [1.807, 2.05) is 6.07 Å². The zero-order chi connectivity index (χ0) is 15.6. The summed E-state index contributed by atoms with van der Waals surface area (Å²) in [5, 5.41) is 0. The van der Waals surface area contributed by atoms with Crippen LogP contribution in [0.15, 0.2) is 12.4 Å². The van der Waals surface area contributed by atoms with E-state index in [-0.39, 0.29) is 6.10 Å². The van der Waals surface area contributed by atoms with E-state index in [9.17, 15) is 8.42 Å². The van der Waals surface area contributed by atoms with Gasteiger partial charge in [-0.25, -0.2) is 18.4 Å². The average molecular weight is 326 g/mol. The van der Waals surface area contributed by atoms with Gasteiger partial charge in [-0.2, -0.15) is 4.31 Å². The van der Waals surface area contributed by atoms with Gasteiger partial charge in [0.2, 0.25) is 15.9 Å². The SMILES string of the molecule is CS(=O)(=O)N1CC[C@H](Oc2cc(N3CCCCC3)ncn2)C1. The summed E-state index contributed by atoms with van der Waals surface area (Å²) in [6, 6.07) is 1.86. The second kappa shape index (κ2) is 6.37. The van der Waals surface area contributed by atoms with Crippen molar-refractivity contribution in [3.8, 4) is 5.88 Å². The van der Waals surface area contributed by atoms with Gasteiger partial charge in [-0.3, -0.25) is 0 Å². The molecule has 0 saturated carbocycles. The normalized spacial score (nSPS) is 23.7. The standard InChI is InChI=1S/C14H22N4O3S/c1-22(19,20)18-8-5-12(10-18)21-14-9-13(15-11-16-14)17-6-3-2-4-7-17/h9,11-12H,2-8,10H2,1H3/t12-/m0/s1. The first-order chi connectivity index (χ1) is 10.5. The first-order valence-electron chi connectivity index (χ1n) is 7.71. The summed E-state index contributed by atoms with van der Waals surface area (Å²) >= 11 is 0. The van der Waals surface area contributed by atoms with Gasteiger partial charge < -0.3 is 9.64 Å². The third-order valence-electron chi connectivity index (χ3n) is 4.17. The lowest BCUT2D eigenvalue weighted by atomic mass is 10.1. The minimum atomic E-state index is -3.14. The Labute approximate surface area is 131 Å². The second-order valence-corrected chi connectivity index (χ2v) is 7.89. The van der Waals surface area contributed by atoms with E-state index in [0.717, 1.165) is 18.9 Å². The van der Waals surface area contributed by atoms with E-state index >= 15 is 0 Å². The summed E-state index contributed by atoms with van der Waals surface area (Å²) in [7, 11) is -3.14. The topological polar surface area (TPSA) is 75.6 Å². The van der Waals surface area contributed by atoms with Crippen LogP contribution in [-0.4, -0.2) is 61.2 Å². The molecule has 122 valence electrons. The predicted molar refractivity (Wildman–Crippen MR) is 83.5 cm³/mol. The number of anilines is 1. The monoisotopic (exact) mass is 326 g/mol. The summed E-state index contributed by atoms with van der Waals surface area (Å²) < 4.78 is 30.4. The lowest BCUT2D eigenvalue weighted by Gasteiger charge is -2.27. The number of sulfonamides is 1. The molecule has 0 amide bonds. The molecule has 0 aliphatic carbocycles. The number of nitrogens with zero attached hydrogens (tertiary/aromatic N) is 4. The fraction of sp³-hybridized carbons (Fsp3) is 0.714. The molecule has 8 heteroatoms. The summed E-state index contributed by atoms with van der Waals surface area (Å²) in [6.07, 6.45) is 6.94. The zero-order valence-corrected chi connectivity index (χ0v) is 13.6. The molecule has 0 radical (unpaired) electrons. The number of rotatable bonds is 4. The molecular weight excluding hydrogens is 304 g/mol. The summed E-state index contributed by atoms with van der Waals surface area (Å²) in [5.41, 5.74) is 0. The third-order valence-corrected chi connectivity index (χ3v) is 5.44. The molecule has 2 saturated heterocycles. The van der Waals surface area contributed by atoms with Crippen LogP contribution >= 0.6 is 0 Å². The first-order valence-corrected chi connectivity index (χ1v) is 9.56. The number of aromatic nitrogens is 2. The molecule has 2 aliphatic rings. The van der Waals surface area contributed by atoms with E-state index in [1.165, 1.54) is 36.2 Å². The molecule has 1 atom stereocenters. The molecule has 0 aromatic carbocycles. The lowest BCUT2D eigenvalue weighted by molar-refractivity contribution is 0.206. The molecule has 22 heavy (non-hydrogen) atoms. The van der Waals surface area contributed by atoms with Crippen LogP contribution < -0.4 is 9.64 Å². The molecule has 0 N–H and O–H groups in total. The van der Waals surface area contributed by atoms with Crippen LogP contribution in [-0.2, 0) is 10.0 Å². The molecular formula is C14H22N4O3S. The maximum Gasteiger partial charge on any atom is 0.218 e. The summed E-state index contributed by atoms with van der Waals surface area (Å²) in [6.45, 7) is 2.93. The fourth-order valence-corrected chi connectivity index (χ4v) is 3.83. The van der Waals surface area contributed by atoms with Crippen LogP contribution in [0.5, 0.6) is 5.88 Å². The van der Waals surface area contributed by atoms with Crippen molar-refractivity contribution in [3.63, 3.8) is 0 Å². The van der Waals surface area contributed by atoms with Gasteiger partial charge in [0.05, 0.1) is 12.8 Å². The number of piperidine rings is 1. The quantitative estimate of drug-likeness (QED) is 0.817. The highest BCUT2D eigenvalue weighted by Gasteiger charge is 2.30. The molecule has 1 aromatic heterocycles. The Hall–Kier alpha value is -1.41. The summed E-state index contributed by atoms with van der Waals surface area (Å²) in [4.78, 5) is 10.7. The van der Waals surface area contributed by atoms with E-state index in [4.69, 9.17) is 4.74 Å². The van der Waals surface area contributed by atoms with E-state index in [2.05, 4.69) is 14.9 Å². The van der Waals surface area contributed by atoms with Crippen LogP contribution in [0, 0.1) is 0 Å². The maximum absolute atomic E-state index is 11.5. The molecule has 2 aliphatic heterocycles. The number of hydrogen-bond donors (Lipinski definition) is 0. The maximum atomic E-state index is 11.5. The van der Waals surface area contributed by atoms with Gasteiger partial charge in [0.1, 0.15) is 18.2 Å². The van der Waals surface area contributed by atoms with Gasteiger partial charge >= 0.3 is 0 Å². The number of hydrogen-bond acceptors (Lipinski definition) is 6.